The second kappa shape index (κ2) is 4.98. The maximum absolute atomic E-state index is 13.4. The van der Waals surface area contributed by atoms with Crippen molar-refractivity contribution in [3.63, 3.8) is 0 Å². The van der Waals surface area contributed by atoms with E-state index >= 15 is 0 Å². The Morgan fingerprint density at radius 2 is 2.05 bits per heavy atom. The summed E-state index contributed by atoms with van der Waals surface area (Å²) >= 11 is 0. The number of halogens is 1. The van der Waals surface area contributed by atoms with E-state index < -0.39 is 5.82 Å². The molecule has 0 bridgehead atoms. The number of rotatable bonds is 3. The summed E-state index contributed by atoms with van der Waals surface area (Å²) < 4.78 is 14.8. The number of hydrogen-bond acceptors (Lipinski definition) is 2. The third-order valence-corrected chi connectivity index (χ3v) is 3.68. The number of nitrogens with zero attached hydrogens (tertiary/aromatic N) is 1. The zero-order valence-corrected chi connectivity index (χ0v) is 12.0. The fourth-order valence-corrected chi connectivity index (χ4v) is 2.48. The molecule has 4 nitrogen and oxygen atoms in total. The maximum atomic E-state index is 13.4. The van der Waals surface area contributed by atoms with E-state index in [2.05, 4.69) is 5.32 Å². The molecule has 1 aromatic heterocycles. The van der Waals surface area contributed by atoms with Gasteiger partial charge in [0.2, 0.25) is 0 Å². The zero-order chi connectivity index (χ0) is 15.1. The Labute approximate surface area is 121 Å². The maximum Gasteiger partial charge on any atom is 0.268 e. The Bertz CT molecular complexity index is 776. The summed E-state index contributed by atoms with van der Waals surface area (Å²) in [5.41, 5.74) is 0.0310. The van der Waals surface area contributed by atoms with Crippen LogP contribution in [0, 0.1) is 5.82 Å². The number of carbonyl (C=O) groups excluding carboxylic acids is 1. The SMILES string of the molecule is CC(C)n1c(C(=O)NC2CC2)cc2cc(F)ccc2c1=O. The Balaban J connectivity index is 2.22. The second-order valence-corrected chi connectivity index (χ2v) is 5.78. The summed E-state index contributed by atoms with van der Waals surface area (Å²) in [4.78, 5) is 24.9. The highest BCUT2D eigenvalue weighted by atomic mass is 19.1. The number of aromatic nitrogens is 1. The van der Waals surface area contributed by atoms with Crippen LogP contribution in [0.3, 0.4) is 0 Å². The number of amides is 1. The van der Waals surface area contributed by atoms with Crippen molar-refractivity contribution in [3.8, 4) is 0 Å². The number of fused-ring (bicyclic) bond motifs is 1. The van der Waals surface area contributed by atoms with E-state index in [0.29, 0.717) is 16.5 Å². The van der Waals surface area contributed by atoms with Crippen LogP contribution in [0.15, 0.2) is 29.1 Å². The summed E-state index contributed by atoms with van der Waals surface area (Å²) in [6, 6.07) is 5.67. The molecule has 0 radical (unpaired) electrons. The average Bonchev–Trinajstić information content (AvgIpc) is 3.21. The molecule has 1 aliphatic rings. The minimum atomic E-state index is -0.419. The number of benzene rings is 1. The molecular weight excluding hydrogens is 271 g/mol. The van der Waals surface area contributed by atoms with Gasteiger partial charge in [-0.25, -0.2) is 4.39 Å². The van der Waals surface area contributed by atoms with Gasteiger partial charge >= 0.3 is 0 Å². The normalized spacial score (nSPS) is 14.7. The van der Waals surface area contributed by atoms with Crippen molar-refractivity contribution in [1.29, 1.82) is 0 Å². The number of nitrogens with one attached hydrogen (secondary N) is 1. The van der Waals surface area contributed by atoms with Gasteiger partial charge in [0.1, 0.15) is 11.5 Å². The first-order valence-electron chi connectivity index (χ1n) is 7.13. The molecule has 0 spiro atoms. The van der Waals surface area contributed by atoms with Gasteiger partial charge < -0.3 is 9.88 Å². The lowest BCUT2D eigenvalue weighted by Crippen LogP contribution is -2.34. The van der Waals surface area contributed by atoms with Gasteiger partial charge in [0, 0.05) is 17.5 Å². The molecule has 2 aromatic rings. The molecule has 110 valence electrons. The van der Waals surface area contributed by atoms with Crippen LogP contribution in [0.2, 0.25) is 0 Å². The van der Waals surface area contributed by atoms with E-state index in [0.717, 1.165) is 12.8 Å². The molecule has 5 heteroatoms. The van der Waals surface area contributed by atoms with Crippen LogP contribution in [0.4, 0.5) is 4.39 Å². The fourth-order valence-electron chi connectivity index (χ4n) is 2.48. The summed E-state index contributed by atoms with van der Waals surface area (Å²) in [6.45, 7) is 3.70. The lowest BCUT2D eigenvalue weighted by molar-refractivity contribution is 0.0939. The fraction of sp³-hybridized carbons (Fsp3) is 0.375. The quantitative estimate of drug-likeness (QED) is 0.944. The van der Waals surface area contributed by atoms with Crippen molar-refractivity contribution in [2.24, 2.45) is 0 Å². The first kappa shape index (κ1) is 13.8. The Kier molecular flexibility index (Phi) is 3.27. The van der Waals surface area contributed by atoms with Crippen LogP contribution in [0.1, 0.15) is 43.2 Å². The highest BCUT2D eigenvalue weighted by molar-refractivity contribution is 5.97. The molecule has 0 unspecified atom stereocenters. The second-order valence-electron chi connectivity index (χ2n) is 5.78. The van der Waals surface area contributed by atoms with Crippen molar-refractivity contribution in [3.05, 3.63) is 46.1 Å². The van der Waals surface area contributed by atoms with Crippen molar-refractivity contribution >= 4 is 16.7 Å². The van der Waals surface area contributed by atoms with Crippen LogP contribution >= 0.6 is 0 Å². The zero-order valence-electron chi connectivity index (χ0n) is 12.0. The van der Waals surface area contributed by atoms with Crippen molar-refractivity contribution in [1.82, 2.24) is 9.88 Å². The monoisotopic (exact) mass is 288 g/mol. The summed E-state index contributed by atoms with van der Waals surface area (Å²) in [5, 5.41) is 3.76. The highest BCUT2D eigenvalue weighted by Gasteiger charge is 2.26. The van der Waals surface area contributed by atoms with Crippen LogP contribution in [-0.2, 0) is 0 Å². The van der Waals surface area contributed by atoms with Crippen LogP contribution in [0.5, 0.6) is 0 Å². The molecule has 3 rings (SSSR count). The molecule has 1 fully saturated rings. The van der Waals surface area contributed by atoms with Gasteiger partial charge in [0.05, 0.1) is 0 Å². The van der Waals surface area contributed by atoms with Crippen LogP contribution in [-0.4, -0.2) is 16.5 Å². The standard InChI is InChI=1S/C16H17FN2O2/c1-9(2)19-14(15(20)18-12-4-5-12)8-10-7-11(17)3-6-13(10)16(19)21/h3,6-9,12H,4-5H2,1-2H3,(H,18,20). The van der Waals surface area contributed by atoms with Crippen LogP contribution < -0.4 is 10.9 Å². The third kappa shape index (κ3) is 2.55. The lowest BCUT2D eigenvalue weighted by atomic mass is 10.1. The average molecular weight is 288 g/mol. The summed E-state index contributed by atoms with van der Waals surface area (Å²) in [7, 11) is 0. The Hall–Kier alpha value is -2.17. The molecule has 1 N–H and O–H groups in total. The molecule has 1 aromatic carbocycles. The minimum absolute atomic E-state index is 0.146. The van der Waals surface area contributed by atoms with E-state index in [4.69, 9.17) is 0 Å². The molecular formula is C16H17FN2O2. The number of pyridine rings is 1. The summed E-state index contributed by atoms with van der Waals surface area (Å²) in [5.74, 6) is -0.688. The topological polar surface area (TPSA) is 51.1 Å². The molecule has 0 saturated heterocycles. The van der Waals surface area contributed by atoms with Gasteiger partial charge in [-0.2, -0.15) is 0 Å². The first-order chi connectivity index (χ1) is 9.97. The summed E-state index contributed by atoms with van der Waals surface area (Å²) in [6.07, 6.45) is 1.94. The van der Waals surface area contributed by atoms with E-state index in [-0.39, 0.29) is 23.6 Å². The van der Waals surface area contributed by atoms with Gasteiger partial charge in [-0.1, -0.05) is 0 Å². The van der Waals surface area contributed by atoms with Gasteiger partial charge in [-0.05, 0) is 56.3 Å². The minimum Gasteiger partial charge on any atom is -0.348 e. The predicted molar refractivity (Wildman–Crippen MR) is 79.0 cm³/mol. The third-order valence-electron chi connectivity index (χ3n) is 3.68. The molecule has 1 heterocycles. The number of hydrogen-bond donors (Lipinski definition) is 1. The molecule has 21 heavy (non-hydrogen) atoms. The molecule has 1 saturated carbocycles. The highest BCUT2D eigenvalue weighted by Crippen LogP contribution is 2.21. The van der Waals surface area contributed by atoms with Gasteiger partial charge in [-0.3, -0.25) is 9.59 Å². The van der Waals surface area contributed by atoms with Gasteiger partial charge in [-0.15, -0.1) is 0 Å². The van der Waals surface area contributed by atoms with E-state index in [9.17, 15) is 14.0 Å². The molecule has 0 atom stereocenters. The lowest BCUT2D eigenvalue weighted by Gasteiger charge is -2.17. The Morgan fingerprint density at radius 1 is 1.33 bits per heavy atom. The first-order valence-corrected chi connectivity index (χ1v) is 7.13. The molecule has 1 aliphatic carbocycles. The smallest absolute Gasteiger partial charge is 0.268 e. The van der Waals surface area contributed by atoms with Gasteiger partial charge in [0.25, 0.3) is 11.5 Å². The Morgan fingerprint density at radius 3 is 2.67 bits per heavy atom. The number of carbonyl (C=O) groups is 1. The molecule has 1 amide bonds. The molecule has 0 aliphatic heterocycles. The largest absolute Gasteiger partial charge is 0.348 e. The van der Waals surface area contributed by atoms with Crippen molar-refractivity contribution in [2.75, 3.05) is 0 Å². The van der Waals surface area contributed by atoms with E-state index in [1.807, 2.05) is 13.8 Å². The van der Waals surface area contributed by atoms with Crippen molar-refractivity contribution < 1.29 is 9.18 Å². The van der Waals surface area contributed by atoms with Crippen LogP contribution in [0.25, 0.3) is 10.8 Å². The van der Waals surface area contributed by atoms with E-state index in [1.54, 1.807) is 6.07 Å². The van der Waals surface area contributed by atoms with Gasteiger partial charge in [0.15, 0.2) is 0 Å². The predicted octanol–water partition coefficient (Wildman–Crippen LogP) is 2.61. The van der Waals surface area contributed by atoms with Crippen molar-refractivity contribution in [2.45, 2.75) is 38.8 Å². The van der Waals surface area contributed by atoms with E-state index in [1.165, 1.54) is 22.8 Å².